The van der Waals surface area contributed by atoms with E-state index in [2.05, 4.69) is 10.7 Å². The van der Waals surface area contributed by atoms with Gasteiger partial charge in [0, 0.05) is 0 Å². The Bertz CT molecular complexity index is 156. The molecule has 8 nitrogen and oxygen atoms in total. The first kappa shape index (κ1) is 16.8. The smallest absolute Gasteiger partial charge is 0.151 e. The maximum Gasteiger partial charge on any atom is 0.151 e. The summed E-state index contributed by atoms with van der Waals surface area (Å²) < 4.78 is 0. The third-order valence-electron chi connectivity index (χ3n) is 1.42. The minimum absolute atomic E-state index is 0.0258. The summed E-state index contributed by atoms with van der Waals surface area (Å²) in [6, 6.07) is 0. The molecule has 8 heteroatoms. The summed E-state index contributed by atoms with van der Waals surface area (Å²) in [7, 11) is 1.40. The van der Waals surface area contributed by atoms with Gasteiger partial charge < -0.3 is 35.2 Å². The Labute approximate surface area is 86.5 Å². The standard InChI is InChI=1S/C6H12O6.CH5NO/c7-1-3(9)5(11)6(12)4(10)2-8;1-3-2/h1,3-6,8-12H,2H2;2H2,1H3. The molecule has 0 bridgehead atoms. The van der Waals surface area contributed by atoms with E-state index >= 15 is 0 Å². The van der Waals surface area contributed by atoms with Crippen LogP contribution in [0.3, 0.4) is 0 Å². The lowest BCUT2D eigenvalue weighted by Crippen LogP contribution is -2.46. The minimum atomic E-state index is -1.79. The average molecular weight is 227 g/mol. The topological polar surface area (TPSA) is 153 Å². The number of nitrogens with two attached hydrogens (primary N) is 1. The molecule has 0 aliphatic rings. The molecule has 0 rings (SSSR count). The van der Waals surface area contributed by atoms with Gasteiger partial charge in [0.15, 0.2) is 6.29 Å². The Morgan fingerprint density at radius 3 is 1.93 bits per heavy atom. The van der Waals surface area contributed by atoms with E-state index in [4.69, 9.17) is 25.5 Å². The Morgan fingerprint density at radius 1 is 1.27 bits per heavy atom. The van der Waals surface area contributed by atoms with Gasteiger partial charge in [-0.05, 0) is 0 Å². The highest BCUT2D eigenvalue weighted by molar-refractivity contribution is 5.56. The number of hydrogen-bond acceptors (Lipinski definition) is 8. The van der Waals surface area contributed by atoms with E-state index in [-0.39, 0.29) is 6.29 Å². The number of carbonyl (C=O) groups excluding carboxylic acids is 1. The maximum absolute atomic E-state index is 9.90. The van der Waals surface area contributed by atoms with Crippen molar-refractivity contribution in [1.82, 2.24) is 0 Å². The van der Waals surface area contributed by atoms with Crippen molar-refractivity contribution in [3.63, 3.8) is 0 Å². The SMILES string of the molecule is CON.O=CC(O)C(O)C(O)C(O)CO. The zero-order chi connectivity index (χ0) is 12.4. The largest absolute Gasteiger partial charge is 0.394 e. The molecular formula is C7H17NO7. The molecule has 0 fully saturated rings. The zero-order valence-corrected chi connectivity index (χ0v) is 8.22. The molecule has 0 aliphatic heterocycles. The summed E-state index contributed by atoms with van der Waals surface area (Å²) in [4.78, 5) is 13.6. The van der Waals surface area contributed by atoms with E-state index in [9.17, 15) is 4.79 Å². The first-order valence-electron chi connectivity index (χ1n) is 3.97. The second-order valence-corrected chi connectivity index (χ2v) is 2.59. The molecule has 0 aliphatic carbocycles. The number of rotatable bonds is 5. The Morgan fingerprint density at radius 2 is 1.67 bits per heavy atom. The van der Waals surface area contributed by atoms with E-state index in [1.165, 1.54) is 7.11 Å². The summed E-state index contributed by atoms with van der Waals surface area (Å²) in [5.74, 6) is 4.35. The van der Waals surface area contributed by atoms with Gasteiger partial charge in [0.25, 0.3) is 0 Å². The number of aldehydes is 1. The molecular weight excluding hydrogens is 210 g/mol. The predicted molar refractivity (Wildman–Crippen MR) is 48.4 cm³/mol. The van der Waals surface area contributed by atoms with Gasteiger partial charge in [-0.1, -0.05) is 0 Å². The summed E-state index contributed by atoms with van der Waals surface area (Å²) in [6.07, 6.45) is -6.84. The fourth-order valence-corrected chi connectivity index (χ4v) is 0.618. The Kier molecular flexibility index (Phi) is 11.1. The van der Waals surface area contributed by atoms with Gasteiger partial charge in [-0.3, -0.25) is 0 Å². The van der Waals surface area contributed by atoms with Gasteiger partial charge in [-0.2, -0.15) is 0 Å². The van der Waals surface area contributed by atoms with Crippen LogP contribution in [0.2, 0.25) is 0 Å². The number of aliphatic hydroxyl groups excluding tert-OH is 5. The molecule has 0 saturated heterocycles. The lowest BCUT2D eigenvalue weighted by Gasteiger charge is -2.22. The zero-order valence-electron chi connectivity index (χ0n) is 8.22. The lowest BCUT2D eigenvalue weighted by molar-refractivity contribution is -0.136. The third kappa shape index (κ3) is 7.33. The van der Waals surface area contributed by atoms with Crippen molar-refractivity contribution in [2.45, 2.75) is 24.4 Å². The molecule has 0 heterocycles. The molecule has 0 spiro atoms. The van der Waals surface area contributed by atoms with Crippen LogP contribution in [0.5, 0.6) is 0 Å². The highest BCUT2D eigenvalue weighted by Gasteiger charge is 2.29. The van der Waals surface area contributed by atoms with Crippen molar-refractivity contribution in [3.8, 4) is 0 Å². The number of hydrogen-bond donors (Lipinski definition) is 6. The maximum atomic E-state index is 9.90. The van der Waals surface area contributed by atoms with Gasteiger partial charge in [-0.25, -0.2) is 5.90 Å². The first-order valence-corrected chi connectivity index (χ1v) is 3.97. The molecule has 0 radical (unpaired) electrons. The monoisotopic (exact) mass is 227 g/mol. The molecule has 0 saturated carbocycles. The molecule has 15 heavy (non-hydrogen) atoms. The van der Waals surface area contributed by atoms with Gasteiger partial charge in [0.2, 0.25) is 0 Å². The van der Waals surface area contributed by atoms with Crippen LogP contribution < -0.4 is 5.90 Å². The summed E-state index contributed by atoms with van der Waals surface area (Å²) in [6.45, 7) is -0.760. The average Bonchev–Trinajstić information content (AvgIpc) is 2.25. The normalized spacial score (nSPS) is 18.1. The second-order valence-electron chi connectivity index (χ2n) is 2.59. The second kappa shape index (κ2) is 9.93. The van der Waals surface area contributed by atoms with Gasteiger partial charge >= 0.3 is 0 Å². The number of aliphatic hydroxyl groups is 5. The van der Waals surface area contributed by atoms with Crippen LogP contribution in [0.1, 0.15) is 0 Å². The van der Waals surface area contributed by atoms with Crippen molar-refractivity contribution in [2.75, 3.05) is 13.7 Å². The molecule has 4 atom stereocenters. The summed E-state index contributed by atoms with van der Waals surface area (Å²) >= 11 is 0. The number of carbonyl (C=O) groups is 1. The molecule has 0 amide bonds. The van der Waals surface area contributed by atoms with Crippen molar-refractivity contribution in [1.29, 1.82) is 0 Å². The van der Waals surface area contributed by atoms with Crippen LogP contribution in [0, 0.1) is 0 Å². The van der Waals surface area contributed by atoms with Gasteiger partial charge in [-0.15, -0.1) is 0 Å². The van der Waals surface area contributed by atoms with Crippen LogP contribution >= 0.6 is 0 Å². The third-order valence-corrected chi connectivity index (χ3v) is 1.42. The van der Waals surface area contributed by atoms with Gasteiger partial charge in [0.05, 0.1) is 13.7 Å². The van der Waals surface area contributed by atoms with E-state index in [0.29, 0.717) is 0 Å². The molecule has 4 unspecified atom stereocenters. The van der Waals surface area contributed by atoms with E-state index in [1.807, 2.05) is 0 Å². The highest BCUT2D eigenvalue weighted by atomic mass is 16.6. The van der Waals surface area contributed by atoms with E-state index in [0.717, 1.165) is 0 Å². The van der Waals surface area contributed by atoms with E-state index in [1.54, 1.807) is 0 Å². The Hall–Kier alpha value is -0.610. The fourth-order valence-electron chi connectivity index (χ4n) is 0.618. The molecule has 0 aromatic heterocycles. The Balaban J connectivity index is 0. The van der Waals surface area contributed by atoms with Gasteiger partial charge in [0.1, 0.15) is 24.4 Å². The van der Waals surface area contributed by atoms with Crippen LogP contribution in [0.4, 0.5) is 0 Å². The molecule has 0 aromatic carbocycles. The summed E-state index contributed by atoms with van der Waals surface area (Å²) in [5.41, 5.74) is 0. The van der Waals surface area contributed by atoms with E-state index < -0.39 is 31.0 Å². The van der Waals surface area contributed by atoms with Crippen LogP contribution in [-0.2, 0) is 9.63 Å². The van der Waals surface area contributed by atoms with Crippen molar-refractivity contribution in [3.05, 3.63) is 0 Å². The summed E-state index contributed by atoms with van der Waals surface area (Å²) in [5, 5.41) is 43.5. The molecule has 0 aromatic rings. The van der Waals surface area contributed by atoms with Crippen molar-refractivity contribution < 1.29 is 35.2 Å². The first-order chi connectivity index (χ1) is 6.95. The predicted octanol–water partition coefficient (Wildman–Crippen LogP) is -3.87. The minimum Gasteiger partial charge on any atom is -0.394 e. The van der Waals surface area contributed by atoms with Crippen LogP contribution in [0.15, 0.2) is 0 Å². The molecule has 92 valence electrons. The quantitative estimate of drug-likeness (QED) is 0.206. The van der Waals surface area contributed by atoms with Crippen LogP contribution in [-0.4, -0.2) is 70.0 Å². The van der Waals surface area contributed by atoms with Crippen LogP contribution in [0.25, 0.3) is 0 Å². The highest BCUT2D eigenvalue weighted by Crippen LogP contribution is 2.02. The lowest BCUT2D eigenvalue weighted by atomic mass is 10.0. The van der Waals surface area contributed by atoms with Crippen molar-refractivity contribution >= 4 is 6.29 Å². The van der Waals surface area contributed by atoms with Crippen molar-refractivity contribution in [2.24, 2.45) is 5.90 Å². The molecule has 7 N–H and O–H groups in total. The fraction of sp³-hybridized carbons (Fsp3) is 0.857.